The van der Waals surface area contributed by atoms with Gasteiger partial charge in [-0.25, -0.2) is 4.79 Å². The van der Waals surface area contributed by atoms with E-state index in [-0.39, 0.29) is 11.8 Å². The highest BCUT2D eigenvalue weighted by Crippen LogP contribution is 2.27. The number of carbonyl (C=O) groups excluding carboxylic acids is 1. The van der Waals surface area contributed by atoms with Crippen LogP contribution >= 0.6 is 23.3 Å². The van der Waals surface area contributed by atoms with Crippen molar-refractivity contribution >= 4 is 35.2 Å². The molecule has 2 rings (SSSR count). The summed E-state index contributed by atoms with van der Waals surface area (Å²) in [6.07, 6.45) is 0. The maximum atomic E-state index is 12.3. The SMILES string of the molecule is CC(C)c1nnsc1C(=O)N1CSCC1C(=O)O. The monoisotopic (exact) mass is 287 g/mol. The third-order valence-electron chi connectivity index (χ3n) is 2.68. The third-order valence-corrected chi connectivity index (χ3v) is 4.42. The van der Waals surface area contributed by atoms with E-state index < -0.39 is 12.0 Å². The molecule has 1 fully saturated rings. The molecule has 0 bridgehead atoms. The molecule has 0 aliphatic carbocycles. The van der Waals surface area contributed by atoms with Gasteiger partial charge in [0, 0.05) is 5.75 Å². The van der Waals surface area contributed by atoms with Gasteiger partial charge in [0.05, 0.1) is 11.6 Å². The molecule has 0 spiro atoms. The molecule has 18 heavy (non-hydrogen) atoms. The predicted octanol–water partition coefficient (Wildman–Crippen LogP) is 1.26. The van der Waals surface area contributed by atoms with Crippen molar-refractivity contribution in [3.05, 3.63) is 10.6 Å². The van der Waals surface area contributed by atoms with Gasteiger partial charge in [-0.3, -0.25) is 4.79 Å². The van der Waals surface area contributed by atoms with E-state index in [0.29, 0.717) is 22.2 Å². The topological polar surface area (TPSA) is 83.4 Å². The van der Waals surface area contributed by atoms with Crippen LogP contribution in [-0.4, -0.2) is 49.1 Å². The summed E-state index contributed by atoms with van der Waals surface area (Å²) in [5, 5.41) is 13.0. The first kappa shape index (κ1) is 13.3. The van der Waals surface area contributed by atoms with Gasteiger partial charge < -0.3 is 10.0 Å². The Kier molecular flexibility index (Phi) is 3.86. The van der Waals surface area contributed by atoms with Gasteiger partial charge in [-0.1, -0.05) is 18.3 Å². The number of carboxylic acid groups (broad SMARTS) is 1. The van der Waals surface area contributed by atoms with Crippen LogP contribution in [0.3, 0.4) is 0 Å². The summed E-state index contributed by atoms with van der Waals surface area (Å²) in [5.41, 5.74) is 0.644. The molecule has 8 heteroatoms. The lowest BCUT2D eigenvalue weighted by Crippen LogP contribution is -2.41. The maximum absolute atomic E-state index is 12.3. The first-order valence-electron chi connectivity index (χ1n) is 5.46. The van der Waals surface area contributed by atoms with E-state index in [9.17, 15) is 9.59 Å². The fraction of sp³-hybridized carbons (Fsp3) is 0.600. The van der Waals surface area contributed by atoms with Crippen LogP contribution in [0.5, 0.6) is 0 Å². The molecular weight excluding hydrogens is 274 g/mol. The molecule has 1 aliphatic rings. The van der Waals surface area contributed by atoms with Crippen LogP contribution in [0.25, 0.3) is 0 Å². The lowest BCUT2D eigenvalue weighted by Gasteiger charge is -2.20. The number of nitrogens with zero attached hydrogens (tertiary/aromatic N) is 3. The van der Waals surface area contributed by atoms with Gasteiger partial charge in [-0.2, -0.15) is 0 Å². The number of hydrogen-bond acceptors (Lipinski definition) is 6. The van der Waals surface area contributed by atoms with Gasteiger partial charge in [-0.15, -0.1) is 16.9 Å². The molecule has 1 aromatic heterocycles. The molecule has 1 saturated heterocycles. The predicted molar refractivity (Wildman–Crippen MR) is 68.9 cm³/mol. The van der Waals surface area contributed by atoms with E-state index in [1.807, 2.05) is 13.8 Å². The molecule has 1 unspecified atom stereocenters. The van der Waals surface area contributed by atoms with Crippen molar-refractivity contribution in [2.75, 3.05) is 11.6 Å². The molecule has 1 N–H and O–H groups in total. The van der Waals surface area contributed by atoms with E-state index in [1.54, 1.807) is 0 Å². The minimum Gasteiger partial charge on any atom is -0.480 e. The summed E-state index contributed by atoms with van der Waals surface area (Å²) < 4.78 is 3.80. The summed E-state index contributed by atoms with van der Waals surface area (Å²) in [4.78, 5) is 25.2. The maximum Gasteiger partial charge on any atom is 0.327 e. The van der Waals surface area contributed by atoms with Gasteiger partial charge in [0.1, 0.15) is 10.9 Å². The first-order valence-corrected chi connectivity index (χ1v) is 7.39. The van der Waals surface area contributed by atoms with Gasteiger partial charge >= 0.3 is 5.97 Å². The second-order valence-electron chi connectivity index (χ2n) is 4.27. The van der Waals surface area contributed by atoms with Gasteiger partial charge in [0.2, 0.25) is 0 Å². The largest absolute Gasteiger partial charge is 0.480 e. The highest BCUT2D eigenvalue weighted by molar-refractivity contribution is 7.99. The number of hydrogen-bond donors (Lipinski definition) is 1. The molecular formula is C10H13N3O3S2. The number of aliphatic carboxylic acids is 1. The minimum atomic E-state index is -0.961. The fourth-order valence-electron chi connectivity index (χ4n) is 1.70. The molecule has 1 aromatic rings. The zero-order valence-corrected chi connectivity index (χ0v) is 11.6. The molecule has 98 valence electrons. The number of carbonyl (C=O) groups is 2. The molecule has 1 aliphatic heterocycles. The van der Waals surface area contributed by atoms with Crippen LogP contribution in [0.15, 0.2) is 0 Å². The van der Waals surface area contributed by atoms with E-state index >= 15 is 0 Å². The van der Waals surface area contributed by atoms with Crippen molar-refractivity contribution in [3.8, 4) is 0 Å². The zero-order chi connectivity index (χ0) is 13.3. The quantitative estimate of drug-likeness (QED) is 0.901. The van der Waals surface area contributed by atoms with Crippen molar-refractivity contribution in [2.24, 2.45) is 0 Å². The Morgan fingerprint density at radius 2 is 2.22 bits per heavy atom. The minimum absolute atomic E-state index is 0.0984. The second-order valence-corrected chi connectivity index (χ2v) is 6.02. The number of rotatable bonds is 3. The highest BCUT2D eigenvalue weighted by Gasteiger charge is 2.37. The van der Waals surface area contributed by atoms with Crippen LogP contribution in [0.1, 0.15) is 35.1 Å². The van der Waals surface area contributed by atoms with E-state index in [0.717, 1.165) is 11.5 Å². The Bertz CT molecular complexity index is 475. The number of amides is 1. The van der Waals surface area contributed by atoms with Crippen LogP contribution in [0.4, 0.5) is 0 Å². The van der Waals surface area contributed by atoms with Crippen molar-refractivity contribution in [1.82, 2.24) is 14.5 Å². The van der Waals surface area contributed by atoms with Crippen LogP contribution in [0, 0.1) is 0 Å². The Morgan fingerprint density at radius 1 is 1.50 bits per heavy atom. The molecule has 1 amide bonds. The second kappa shape index (κ2) is 5.23. The average molecular weight is 287 g/mol. The molecule has 2 heterocycles. The summed E-state index contributed by atoms with van der Waals surface area (Å²) in [5.74, 6) is -0.292. The van der Waals surface area contributed by atoms with E-state index in [1.165, 1.54) is 16.7 Å². The fourth-order valence-corrected chi connectivity index (χ4v) is 3.62. The Balaban J connectivity index is 2.25. The number of thioether (sulfide) groups is 1. The number of carboxylic acids is 1. The molecule has 1 atom stereocenters. The van der Waals surface area contributed by atoms with Gasteiger partial charge in [0.15, 0.2) is 0 Å². The average Bonchev–Trinajstić information content (AvgIpc) is 2.97. The number of aromatic nitrogens is 2. The zero-order valence-electron chi connectivity index (χ0n) is 9.99. The normalized spacial score (nSPS) is 19.5. The van der Waals surface area contributed by atoms with Crippen molar-refractivity contribution in [2.45, 2.75) is 25.8 Å². The third kappa shape index (κ3) is 2.35. The Hall–Kier alpha value is -1.15. The highest BCUT2D eigenvalue weighted by atomic mass is 32.2. The standard InChI is InChI=1S/C10H13N3O3S2/c1-5(2)7-8(18-12-11-7)9(14)13-4-17-3-6(13)10(15)16/h5-6H,3-4H2,1-2H3,(H,15,16). The lowest BCUT2D eigenvalue weighted by atomic mass is 10.1. The Morgan fingerprint density at radius 3 is 2.83 bits per heavy atom. The van der Waals surface area contributed by atoms with Gasteiger partial charge in [-0.05, 0) is 17.5 Å². The van der Waals surface area contributed by atoms with Crippen molar-refractivity contribution in [3.63, 3.8) is 0 Å². The summed E-state index contributed by atoms with van der Waals surface area (Å²) in [6, 6.07) is -0.746. The lowest BCUT2D eigenvalue weighted by molar-refractivity contribution is -0.140. The molecule has 0 aromatic carbocycles. The van der Waals surface area contributed by atoms with E-state index in [2.05, 4.69) is 9.59 Å². The molecule has 0 saturated carbocycles. The summed E-state index contributed by atoms with van der Waals surface area (Å²) in [7, 11) is 0. The van der Waals surface area contributed by atoms with Crippen molar-refractivity contribution in [1.29, 1.82) is 0 Å². The summed E-state index contributed by atoms with van der Waals surface area (Å²) >= 11 is 2.48. The van der Waals surface area contributed by atoms with Gasteiger partial charge in [0.25, 0.3) is 5.91 Å². The van der Waals surface area contributed by atoms with E-state index in [4.69, 9.17) is 5.11 Å². The first-order chi connectivity index (χ1) is 8.52. The van der Waals surface area contributed by atoms with Crippen LogP contribution in [-0.2, 0) is 4.79 Å². The van der Waals surface area contributed by atoms with Crippen LogP contribution in [0.2, 0.25) is 0 Å². The van der Waals surface area contributed by atoms with Crippen molar-refractivity contribution < 1.29 is 14.7 Å². The molecule has 6 nitrogen and oxygen atoms in total. The Labute approximate surface area is 113 Å². The van der Waals surface area contributed by atoms with Crippen LogP contribution < -0.4 is 0 Å². The summed E-state index contributed by atoms with van der Waals surface area (Å²) in [6.45, 7) is 3.86. The smallest absolute Gasteiger partial charge is 0.327 e. The molecule has 0 radical (unpaired) electrons.